The van der Waals surface area contributed by atoms with Crippen LogP contribution in [0.1, 0.15) is 0 Å². The molecule has 0 aromatic carbocycles. The van der Waals surface area contributed by atoms with E-state index in [9.17, 15) is 0 Å². The van der Waals surface area contributed by atoms with Crippen LogP contribution in [0, 0.1) is 0 Å². The fourth-order valence-corrected chi connectivity index (χ4v) is 2.83. The molecule has 0 saturated carbocycles. The van der Waals surface area contributed by atoms with E-state index in [-0.39, 0.29) is 0 Å². The first kappa shape index (κ1) is 11.3. The van der Waals surface area contributed by atoms with Gasteiger partial charge in [-0.15, -0.1) is 11.3 Å². The smallest absolute Gasteiger partial charge is 0.188 e. The minimum Gasteiger partial charge on any atom is -0.380 e. The molecule has 0 bridgehead atoms. The maximum absolute atomic E-state index is 6.11. The van der Waals surface area contributed by atoms with Crippen LogP contribution < -0.4 is 5.73 Å². The molecule has 4 nitrogen and oxygen atoms in total. The van der Waals surface area contributed by atoms with Gasteiger partial charge in [-0.25, -0.2) is 0 Å². The first-order chi connectivity index (χ1) is 8.77. The van der Waals surface area contributed by atoms with Crippen molar-refractivity contribution in [3.63, 3.8) is 0 Å². The lowest BCUT2D eigenvalue weighted by Gasteiger charge is -2.00. The Morgan fingerprint density at radius 2 is 2.22 bits per heavy atom. The quantitative estimate of drug-likeness (QED) is 0.776. The normalized spacial score (nSPS) is 10.7. The van der Waals surface area contributed by atoms with Gasteiger partial charge >= 0.3 is 0 Å². The summed E-state index contributed by atoms with van der Waals surface area (Å²) in [6.07, 6.45) is 3.42. The predicted molar refractivity (Wildman–Crippen MR) is 72.5 cm³/mol. The van der Waals surface area contributed by atoms with Crippen molar-refractivity contribution in [2.75, 3.05) is 5.73 Å². The van der Waals surface area contributed by atoms with Gasteiger partial charge in [0.2, 0.25) is 0 Å². The highest BCUT2D eigenvalue weighted by Crippen LogP contribution is 2.41. The van der Waals surface area contributed by atoms with Crippen molar-refractivity contribution < 1.29 is 4.52 Å². The van der Waals surface area contributed by atoms with Crippen molar-refractivity contribution in [3.8, 4) is 21.8 Å². The van der Waals surface area contributed by atoms with Crippen LogP contribution in [0.3, 0.4) is 0 Å². The molecule has 3 rings (SSSR count). The molecular formula is C12H8ClN3OS. The molecular weight excluding hydrogens is 270 g/mol. The van der Waals surface area contributed by atoms with E-state index in [0.717, 1.165) is 16.0 Å². The van der Waals surface area contributed by atoms with E-state index in [0.29, 0.717) is 16.6 Å². The molecule has 0 aliphatic rings. The van der Waals surface area contributed by atoms with Gasteiger partial charge in [0.15, 0.2) is 11.6 Å². The van der Waals surface area contributed by atoms with Gasteiger partial charge in [0.25, 0.3) is 0 Å². The highest BCUT2D eigenvalue weighted by molar-refractivity contribution is 7.14. The van der Waals surface area contributed by atoms with Crippen molar-refractivity contribution in [2.45, 2.75) is 0 Å². The second-order valence-corrected chi connectivity index (χ2v) is 4.93. The number of nitrogens with zero attached hydrogens (tertiary/aromatic N) is 2. The van der Waals surface area contributed by atoms with Gasteiger partial charge in [-0.3, -0.25) is 4.98 Å². The summed E-state index contributed by atoms with van der Waals surface area (Å²) in [7, 11) is 0. The van der Waals surface area contributed by atoms with Gasteiger partial charge in [0.05, 0.1) is 15.5 Å². The zero-order valence-electron chi connectivity index (χ0n) is 9.13. The highest BCUT2D eigenvalue weighted by Gasteiger charge is 2.20. The third-order valence-electron chi connectivity index (χ3n) is 2.49. The van der Waals surface area contributed by atoms with Crippen LogP contribution in [0.4, 0.5) is 5.82 Å². The molecule has 3 aromatic rings. The summed E-state index contributed by atoms with van der Waals surface area (Å²) in [6.45, 7) is 0. The van der Waals surface area contributed by atoms with E-state index in [4.69, 9.17) is 21.9 Å². The number of pyridine rings is 1. The Bertz CT molecular complexity index is 678. The average molecular weight is 278 g/mol. The molecule has 0 aliphatic heterocycles. The number of rotatable bonds is 2. The lowest BCUT2D eigenvalue weighted by atomic mass is 10.1. The van der Waals surface area contributed by atoms with Gasteiger partial charge in [0.1, 0.15) is 0 Å². The summed E-state index contributed by atoms with van der Waals surface area (Å²) >= 11 is 7.59. The molecule has 0 spiro atoms. The van der Waals surface area contributed by atoms with Crippen LogP contribution in [-0.2, 0) is 0 Å². The van der Waals surface area contributed by atoms with E-state index in [2.05, 4.69) is 10.1 Å². The summed E-state index contributed by atoms with van der Waals surface area (Å²) in [5.41, 5.74) is 7.44. The summed E-state index contributed by atoms with van der Waals surface area (Å²) in [6, 6.07) is 5.55. The van der Waals surface area contributed by atoms with Crippen LogP contribution in [0.15, 0.2) is 40.5 Å². The number of aromatic nitrogens is 2. The Labute approximate surface area is 112 Å². The molecule has 3 heterocycles. The lowest BCUT2D eigenvalue weighted by molar-refractivity contribution is 0.437. The predicted octanol–water partition coefficient (Wildman–Crippen LogP) is 3.70. The van der Waals surface area contributed by atoms with Crippen molar-refractivity contribution in [1.29, 1.82) is 0 Å². The number of hydrogen-bond donors (Lipinski definition) is 1. The third kappa shape index (κ3) is 1.77. The Morgan fingerprint density at radius 1 is 1.33 bits per heavy atom. The molecule has 0 saturated heterocycles. The van der Waals surface area contributed by atoms with Gasteiger partial charge < -0.3 is 10.3 Å². The van der Waals surface area contributed by atoms with Gasteiger partial charge in [-0.05, 0) is 17.5 Å². The maximum Gasteiger partial charge on any atom is 0.188 e. The molecule has 0 amide bonds. The molecule has 0 unspecified atom stereocenters. The topological polar surface area (TPSA) is 64.9 Å². The second kappa shape index (κ2) is 4.44. The summed E-state index contributed by atoms with van der Waals surface area (Å²) in [4.78, 5) is 4.89. The molecule has 2 N–H and O–H groups in total. The zero-order valence-corrected chi connectivity index (χ0v) is 10.7. The number of halogens is 1. The molecule has 0 atom stereocenters. The molecule has 6 heteroatoms. The Balaban J connectivity index is 2.22. The monoisotopic (exact) mass is 277 g/mol. The zero-order chi connectivity index (χ0) is 12.5. The van der Waals surface area contributed by atoms with E-state index in [1.54, 1.807) is 12.4 Å². The van der Waals surface area contributed by atoms with Gasteiger partial charge in [0, 0.05) is 18.0 Å². The third-order valence-corrected chi connectivity index (χ3v) is 3.83. The molecule has 0 fully saturated rings. The first-order valence-corrected chi connectivity index (χ1v) is 6.42. The highest BCUT2D eigenvalue weighted by atomic mass is 35.5. The molecule has 3 aromatic heterocycles. The fourth-order valence-electron chi connectivity index (χ4n) is 1.70. The number of thiophene rings is 1. The summed E-state index contributed by atoms with van der Waals surface area (Å²) in [5, 5.41) is 6.33. The second-order valence-electron chi connectivity index (χ2n) is 3.61. The largest absolute Gasteiger partial charge is 0.380 e. The van der Waals surface area contributed by atoms with Crippen LogP contribution in [0.5, 0.6) is 0 Å². The minimum absolute atomic E-state index is 0.336. The van der Waals surface area contributed by atoms with Gasteiger partial charge in [-0.2, -0.15) is 0 Å². The summed E-state index contributed by atoms with van der Waals surface area (Å²) in [5.74, 6) is 0.919. The molecule has 18 heavy (non-hydrogen) atoms. The van der Waals surface area contributed by atoms with Crippen molar-refractivity contribution in [1.82, 2.24) is 10.1 Å². The first-order valence-electron chi connectivity index (χ1n) is 5.16. The lowest BCUT2D eigenvalue weighted by Crippen LogP contribution is -1.88. The van der Waals surface area contributed by atoms with E-state index in [1.165, 1.54) is 11.3 Å². The van der Waals surface area contributed by atoms with Crippen LogP contribution in [-0.4, -0.2) is 10.1 Å². The van der Waals surface area contributed by atoms with Crippen LogP contribution in [0.25, 0.3) is 21.8 Å². The van der Waals surface area contributed by atoms with Crippen LogP contribution >= 0.6 is 22.9 Å². The molecule has 90 valence electrons. The Kier molecular flexibility index (Phi) is 2.77. The fraction of sp³-hybridized carbons (Fsp3) is 0. The van der Waals surface area contributed by atoms with Crippen molar-refractivity contribution >= 4 is 28.8 Å². The van der Waals surface area contributed by atoms with E-state index < -0.39 is 0 Å². The molecule has 0 aliphatic carbocycles. The maximum atomic E-state index is 6.11. The standard InChI is InChI=1S/C12H8ClN3OS/c13-8-3-5-18-11(8)10-9(12(14)16-17-10)7-2-1-4-15-6-7/h1-6H,(H2,14,16). The van der Waals surface area contributed by atoms with Crippen LogP contribution in [0.2, 0.25) is 5.02 Å². The van der Waals surface area contributed by atoms with Crippen molar-refractivity contribution in [3.05, 3.63) is 41.0 Å². The Morgan fingerprint density at radius 3 is 2.89 bits per heavy atom. The van der Waals surface area contributed by atoms with E-state index in [1.807, 2.05) is 23.6 Å². The van der Waals surface area contributed by atoms with Gasteiger partial charge in [-0.1, -0.05) is 22.8 Å². The summed E-state index contributed by atoms with van der Waals surface area (Å²) < 4.78 is 5.30. The Hall–Kier alpha value is -1.85. The minimum atomic E-state index is 0.336. The number of nitrogens with two attached hydrogens (primary N) is 1. The van der Waals surface area contributed by atoms with Crippen molar-refractivity contribution in [2.24, 2.45) is 0 Å². The van der Waals surface area contributed by atoms with E-state index >= 15 is 0 Å². The average Bonchev–Trinajstić information content (AvgIpc) is 2.96. The number of hydrogen-bond acceptors (Lipinski definition) is 5. The SMILES string of the molecule is Nc1noc(-c2sccc2Cl)c1-c1cccnc1. The molecule has 0 radical (unpaired) electrons. The number of anilines is 1. The number of nitrogen functional groups attached to an aromatic ring is 1.